The molecule has 0 aliphatic heterocycles. The Labute approximate surface area is 111 Å². The summed E-state index contributed by atoms with van der Waals surface area (Å²) >= 11 is 3.25. The Hall–Kier alpha value is -0.450. The van der Waals surface area contributed by atoms with Gasteiger partial charge in [0.05, 0.1) is 0 Å². The van der Waals surface area contributed by atoms with E-state index in [1.165, 1.54) is 6.07 Å². The summed E-state index contributed by atoms with van der Waals surface area (Å²) in [5, 5.41) is 0. The third-order valence-electron chi connectivity index (χ3n) is 2.81. The first-order valence-corrected chi connectivity index (χ1v) is 6.75. The Morgan fingerprint density at radius 1 is 1.35 bits per heavy atom. The van der Waals surface area contributed by atoms with E-state index in [2.05, 4.69) is 35.2 Å². The van der Waals surface area contributed by atoms with Gasteiger partial charge in [-0.15, -0.1) is 0 Å². The summed E-state index contributed by atoms with van der Waals surface area (Å²) in [6.07, 6.45) is 3.03. The van der Waals surface area contributed by atoms with Gasteiger partial charge in [-0.25, -0.2) is 4.39 Å². The molecule has 4 heteroatoms. The van der Waals surface area contributed by atoms with Crippen molar-refractivity contribution in [3.05, 3.63) is 34.1 Å². The second kappa shape index (κ2) is 7.09. The largest absolute Gasteiger partial charge is 0.271 e. The van der Waals surface area contributed by atoms with Gasteiger partial charge >= 0.3 is 0 Å². The summed E-state index contributed by atoms with van der Waals surface area (Å²) in [6, 6.07) is 4.98. The Morgan fingerprint density at radius 3 is 2.59 bits per heavy atom. The lowest BCUT2D eigenvalue weighted by molar-refractivity contribution is 0.441. The van der Waals surface area contributed by atoms with Gasteiger partial charge in [0.25, 0.3) is 0 Å². The molecular formula is C13H20BrFN2. The van der Waals surface area contributed by atoms with Crippen molar-refractivity contribution in [3.8, 4) is 0 Å². The first-order valence-electron chi connectivity index (χ1n) is 5.95. The molecule has 3 N–H and O–H groups in total. The van der Waals surface area contributed by atoms with E-state index < -0.39 is 0 Å². The van der Waals surface area contributed by atoms with Gasteiger partial charge in [0.15, 0.2) is 0 Å². The highest BCUT2D eigenvalue weighted by Crippen LogP contribution is 2.24. The molecule has 96 valence electrons. The van der Waals surface area contributed by atoms with Crippen molar-refractivity contribution in [2.75, 3.05) is 0 Å². The molecule has 0 radical (unpaired) electrons. The standard InChI is InChI=1S/C13H20BrFN2/c1-9(2)4-3-5-13(17-16)11-7-6-10(14)8-12(11)15/h6-9,13,17H,3-5,16H2,1-2H3. The number of nitrogens with one attached hydrogen (secondary N) is 1. The van der Waals surface area contributed by atoms with Gasteiger partial charge in [-0.3, -0.25) is 11.3 Å². The van der Waals surface area contributed by atoms with E-state index in [-0.39, 0.29) is 11.9 Å². The van der Waals surface area contributed by atoms with Crippen LogP contribution < -0.4 is 11.3 Å². The molecule has 2 nitrogen and oxygen atoms in total. The monoisotopic (exact) mass is 302 g/mol. The van der Waals surface area contributed by atoms with Crippen LogP contribution in [0.5, 0.6) is 0 Å². The van der Waals surface area contributed by atoms with Gasteiger partial charge in [0.1, 0.15) is 5.82 Å². The van der Waals surface area contributed by atoms with Gasteiger partial charge in [-0.05, 0) is 24.5 Å². The van der Waals surface area contributed by atoms with Gasteiger partial charge < -0.3 is 0 Å². The SMILES string of the molecule is CC(C)CCCC(NN)c1ccc(Br)cc1F. The van der Waals surface area contributed by atoms with Gasteiger partial charge in [-0.1, -0.05) is 48.7 Å². The van der Waals surface area contributed by atoms with Crippen LogP contribution in [0.1, 0.15) is 44.7 Å². The molecule has 0 saturated carbocycles. The first-order chi connectivity index (χ1) is 8.04. The van der Waals surface area contributed by atoms with E-state index in [1.54, 1.807) is 6.07 Å². The van der Waals surface area contributed by atoms with Crippen LogP contribution >= 0.6 is 15.9 Å². The lowest BCUT2D eigenvalue weighted by Gasteiger charge is -2.17. The average molecular weight is 303 g/mol. The van der Waals surface area contributed by atoms with Crippen molar-refractivity contribution in [2.45, 2.75) is 39.2 Å². The number of rotatable bonds is 6. The zero-order valence-electron chi connectivity index (χ0n) is 10.3. The molecule has 0 saturated heterocycles. The van der Waals surface area contributed by atoms with Crippen molar-refractivity contribution in [1.29, 1.82) is 0 Å². The number of hydrogen-bond acceptors (Lipinski definition) is 2. The zero-order valence-corrected chi connectivity index (χ0v) is 11.9. The van der Waals surface area contributed by atoms with Crippen LogP contribution in [0.25, 0.3) is 0 Å². The maximum atomic E-state index is 13.7. The minimum Gasteiger partial charge on any atom is -0.271 e. The molecule has 0 fully saturated rings. The topological polar surface area (TPSA) is 38.0 Å². The predicted molar refractivity (Wildman–Crippen MR) is 72.9 cm³/mol. The molecule has 0 spiro atoms. The second-order valence-electron chi connectivity index (χ2n) is 4.71. The predicted octanol–water partition coefficient (Wildman–Crippen LogP) is 3.92. The molecule has 17 heavy (non-hydrogen) atoms. The summed E-state index contributed by atoms with van der Waals surface area (Å²) in [7, 11) is 0. The summed E-state index contributed by atoms with van der Waals surface area (Å²) in [5.74, 6) is 5.95. The Balaban J connectivity index is 2.66. The normalized spacial score (nSPS) is 13.1. The quantitative estimate of drug-likeness (QED) is 0.617. The lowest BCUT2D eigenvalue weighted by Crippen LogP contribution is -2.28. The summed E-state index contributed by atoms with van der Waals surface area (Å²) in [4.78, 5) is 0. The van der Waals surface area contributed by atoms with E-state index in [0.29, 0.717) is 11.5 Å². The number of nitrogens with two attached hydrogens (primary N) is 1. The van der Waals surface area contributed by atoms with E-state index in [1.807, 2.05) is 6.07 Å². The fraction of sp³-hybridized carbons (Fsp3) is 0.538. The molecule has 0 heterocycles. The van der Waals surface area contributed by atoms with Gasteiger partial charge in [-0.2, -0.15) is 0 Å². The molecule has 1 atom stereocenters. The van der Waals surface area contributed by atoms with Crippen LogP contribution in [-0.4, -0.2) is 0 Å². The van der Waals surface area contributed by atoms with Crippen molar-refractivity contribution in [3.63, 3.8) is 0 Å². The molecule has 0 amide bonds. The molecule has 1 aromatic carbocycles. The van der Waals surface area contributed by atoms with Crippen molar-refractivity contribution in [1.82, 2.24) is 5.43 Å². The van der Waals surface area contributed by atoms with E-state index >= 15 is 0 Å². The third-order valence-corrected chi connectivity index (χ3v) is 3.31. The Kier molecular flexibility index (Phi) is 6.09. The minimum absolute atomic E-state index is 0.109. The summed E-state index contributed by atoms with van der Waals surface area (Å²) in [5.41, 5.74) is 3.34. The highest BCUT2D eigenvalue weighted by molar-refractivity contribution is 9.10. The molecule has 0 bridgehead atoms. The van der Waals surface area contributed by atoms with Crippen LogP contribution in [0.3, 0.4) is 0 Å². The third kappa shape index (κ3) is 4.74. The van der Waals surface area contributed by atoms with Gasteiger partial charge in [0, 0.05) is 16.1 Å². The Morgan fingerprint density at radius 2 is 2.06 bits per heavy atom. The van der Waals surface area contributed by atoms with Gasteiger partial charge in [0.2, 0.25) is 0 Å². The maximum Gasteiger partial charge on any atom is 0.129 e. The fourth-order valence-corrected chi connectivity index (χ4v) is 2.18. The van der Waals surface area contributed by atoms with Crippen LogP contribution in [0, 0.1) is 11.7 Å². The molecule has 0 aliphatic carbocycles. The number of halogens is 2. The van der Waals surface area contributed by atoms with E-state index in [9.17, 15) is 4.39 Å². The molecule has 0 aliphatic rings. The Bertz CT molecular complexity index is 355. The highest BCUT2D eigenvalue weighted by Gasteiger charge is 2.14. The average Bonchev–Trinajstić information content (AvgIpc) is 2.25. The minimum atomic E-state index is -0.216. The number of hydrazine groups is 1. The summed E-state index contributed by atoms with van der Waals surface area (Å²) < 4.78 is 14.5. The zero-order chi connectivity index (χ0) is 12.8. The maximum absolute atomic E-state index is 13.7. The molecular weight excluding hydrogens is 283 g/mol. The van der Waals surface area contributed by atoms with Crippen LogP contribution in [-0.2, 0) is 0 Å². The van der Waals surface area contributed by atoms with Crippen LogP contribution in [0.15, 0.2) is 22.7 Å². The lowest BCUT2D eigenvalue weighted by atomic mass is 9.98. The first kappa shape index (κ1) is 14.6. The van der Waals surface area contributed by atoms with Crippen molar-refractivity contribution < 1.29 is 4.39 Å². The summed E-state index contributed by atoms with van der Waals surface area (Å²) in [6.45, 7) is 4.37. The smallest absolute Gasteiger partial charge is 0.129 e. The number of hydrogen-bond donors (Lipinski definition) is 2. The van der Waals surface area contributed by atoms with Crippen LogP contribution in [0.2, 0.25) is 0 Å². The second-order valence-corrected chi connectivity index (χ2v) is 5.63. The molecule has 0 aromatic heterocycles. The van der Waals surface area contributed by atoms with E-state index in [4.69, 9.17) is 5.84 Å². The van der Waals surface area contributed by atoms with E-state index in [0.717, 1.165) is 23.7 Å². The van der Waals surface area contributed by atoms with Crippen molar-refractivity contribution in [2.24, 2.45) is 11.8 Å². The molecule has 1 unspecified atom stereocenters. The highest BCUT2D eigenvalue weighted by atomic mass is 79.9. The number of benzene rings is 1. The fourth-order valence-electron chi connectivity index (χ4n) is 1.84. The molecule has 1 aromatic rings. The van der Waals surface area contributed by atoms with Crippen molar-refractivity contribution >= 4 is 15.9 Å². The van der Waals surface area contributed by atoms with Crippen LogP contribution in [0.4, 0.5) is 4.39 Å². The molecule has 1 rings (SSSR count).